The summed E-state index contributed by atoms with van der Waals surface area (Å²) in [4.78, 5) is 38.3. The molecule has 1 atom stereocenters. The molecule has 1 N–H and O–H groups in total. The normalized spacial score (nSPS) is 20.6. The van der Waals surface area contributed by atoms with Crippen LogP contribution in [0.15, 0.2) is 24.4 Å². The summed E-state index contributed by atoms with van der Waals surface area (Å²) in [5.41, 5.74) is 1.06. The second kappa shape index (κ2) is 7.87. The van der Waals surface area contributed by atoms with Gasteiger partial charge in [-0.1, -0.05) is 6.07 Å². The van der Waals surface area contributed by atoms with E-state index in [1.54, 1.807) is 23.3 Å². The first-order chi connectivity index (χ1) is 13.5. The fourth-order valence-corrected chi connectivity index (χ4v) is 4.62. The van der Waals surface area contributed by atoms with Crippen LogP contribution in [0.5, 0.6) is 0 Å². The van der Waals surface area contributed by atoms with Gasteiger partial charge in [-0.25, -0.2) is 9.97 Å². The van der Waals surface area contributed by atoms with Gasteiger partial charge in [-0.05, 0) is 31.9 Å². The Kier molecular flexibility index (Phi) is 5.30. The molecule has 2 aromatic rings. The van der Waals surface area contributed by atoms with Crippen LogP contribution in [0.25, 0.3) is 0 Å². The Balaban J connectivity index is 1.35. The highest BCUT2D eigenvalue weighted by Gasteiger charge is 2.36. The molecule has 8 heteroatoms. The van der Waals surface area contributed by atoms with E-state index < -0.39 is 0 Å². The molecule has 0 saturated carbocycles. The Hall–Kier alpha value is -2.48. The molecule has 2 amide bonds. The monoisotopic (exact) mass is 399 g/mol. The summed E-state index contributed by atoms with van der Waals surface area (Å²) >= 11 is 1.61. The number of anilines is 2. The molecular weight excluding hydrogens is 374 g/mol. The van der Waals surface area contributed by atoms with Gasteiger partial charge in [0.1, 0.15) is 5.82 Å². The molecule has 0 bridgehead atoms. The summed E-state index contributed by atoms with van der Waals surface area (Å²) in [6.07, 6.45) is 3.99. The van der Waals surface area contributed by atoms with Crippen LogP contribution in [0.4, 0.5) is 10.9 Å². The van der Waals surface area contributed by atoms with Crippen LogP contribution in [-0.2, 0) is 9.59 Å². The Labute approximate surface area is 168 Å². The minimum atomic E-state index is -0.179. The molecule has 2 fully saturated rings. The molecule has 4 heterocycles. The van der Waals surface area contributed by atoms with Crippen molar-refractivity contribution in [3.63, 3.8) is 0 Å². The summed E-state index contributed by atoms with van der Waals surface area (Å²) in [6.45, 7) is 4.02. The lowest BCUT2D eigenvalue weighted by molar-refractivity contribution is -0.136. The molecule has 148 valence electrons. The first-order valence-electron chi connectivity index (χ1n) is 9.69. The molecule has 0 aromatic carbocycles. The van der Waals surface area contributed by atoms with Crippen LogP contribution < -0.4 is 5.32 Å². The second-order valence-corrected chi connectivity index (χ2v) is 8.86. The smallest absolute Gasteiger partial charge is 0.227 e. The van der Waals surface area contributed by atoms with E-state index in [0.717, 1.165) is 47.5 Å². The number of hydrogen-bond acceptors (Lipinski definition) is 6. The van der Waals surface area contributed by atoms with Crippen LogP contribution >= 0.6 is 11.3 Å². The number of aryl methyl sites for hydroxylation is 1. The molecule has 7 nitrogen and oxygen atoms in total. The van der Waals surface area contributed by atoms with Crippen LogP contribution in [0.3, 0.4) is 0 Å². The number of piperidine rings is 1. The van der Waals surface area contributed by atoms with Crippen molar-refractivity contribution in [3.8, 4) is 0 Å². The average molecular weight is 400 g/mol. The highest BCUT2D eigenvalue weighted by Crippen LogP contribution is 2.30. The van der Waals surface area contributed by atoms with E-state index in [-0.39, 0.29) is 17.7 Å². The van der Waals surface area contributed by atoms with Gasteiger partial charge in [-0.2, -0.15) is 0 Å². The molecule has 4 rings (SSSR count). The van der Waals surface area contributed by atoms with Crippen molar-refractivity contribution >= 4 is 34.1 Å². The van der Waals surface area contributed by atoms with Crippen molar-refractivity contribution < 1.29 is 9.59 Å². The zero-order valence-electron chi connectivity index (χ0n) is 16.2. The van der Waals surface area contributed by atoms with Gasteiger partial charge in [0.25, 0.3) is 0 Å². The predicted octanol–water partition coefficient (Wildman–Crippen LogP) is 2.77. The Morgan fingerprint density at radius 1 is 1.29 bits per heavy atom. The minimum absolute atomic E-state index is 0.0668. The maximum absolute atomic E-state index is 12.7. The lowest BCUT2D eigenvalue weighted by atomic mass is 9.92. The van der Waals surface area contributed by atoms with Crippen LogP contribution in [0.1, 0.15) is 35.8 Å². The van der Waals surface area contributed by atoms with E-state index in [2.05, 4.69) is 16.4 Å². The lowest BCUT2D eigenvalue weighted by Gasteiger charge is -2.33. The van der Waals surface area contributed by atoms with Crippen molar-refractivity contribution in [3.05, 3.63) is 35.0 Å². The van der Waals surface area contributed by atoms with Crippen LogP contribution in [0, 0.1) is 12.8 Å². The Morgan fingerprint density at radius 3 is 2.71 bits per heavy atom. The molecule has 1 unspecified atom stereocenters. The number of thiazole rings is 1. The van der Waals surface area contributed by atoms with E-state index in [1.165, 1.54) is 0 Å². The molecule has 2 aromatic heterocycles. The number of nitrogens with zero attached hydrogens (tertiary/aromatic N) is 4. The number of carbonyl (C=O) groups is 2. The topological polar surface area (TPSA) is 78.4 Å². The maximum Gasteiger partial charge on any atom is 0.227 e. The molecule has 28 heavy (non-hydrogen) atoms. The maximum atomic E-state index is 12.7. The lowest BCUT2D eigenvalue weighted by Crippen LogP contribution is -2.42. The SMILES string of the molecule is Cc1cnc(Nc2cccc(C3CCN(C(=O)C4CC(=O)N(C)C4)CC3)n2)s1. The third kappa shape index (κ3) is 4.01. The summed E-state index contributed by atoms with van der Waals surface area (Å²) in [7, 11) is 1.77. The molecule has 2 saturated heterocycles. The van der Waals surface area contributed by atoms with Gasteiger partial charge in [0.05, 0.1) is 5.92 Å². The summed E-state index contributed by atoms with van der Waals surface area (Å²) < 4.78 is 0. The zero-order valence-corrected chi connectivity index (χ0v) is 17.0. The molecule has 0 aliphatic carbocycles. The molecule has 0 spiro atoms. The third-order valence-electron chi connectivity index (χ3n) is 5.54. The van der Waals surface area contributed by atoms with E-state index in [4.69, 9.17) is 4.98 Å². The van der Waals surface area contributed by atoms with Gasteiger partial charge in [0, 0.05) is 55.8 Å². The van der Waals surface area contributed by atoms with E-state index >= 15 is 0 Å². The first-order valence-corrected chi connectivity index (χ1v) is 10.5. The number of nitrogens with one attached hydrogen (secondary N) is 1. The molecular formula is C20H25N5O2S. The van der Waals surface area contributed by atoms with Crippen molar-refractivity contribution in [1.82, 2.24) is 19.8 Å². The van der Waals surface area contributed by atoms with Gasteiger partial charge in [0.2, 0.25) is 11.8 Å². The summed E-state index contributed by atoms with van der Waals surface area (Å²) in [5.74, 6) is 1.16. The van der Waals surface area contributed by atoms with Crippen LogP contribution in [-0.4, -0.2) is 58.3 Å². The number of likely N-dealkylation sites (tertiary alicyclic amines) is 2. The highest BCUT2D eigenvalue weighted by atomic mass is 32.1. The third-order valence-corrected chi connectivity index (χ3v) is 6.37. The quantitative estimate of drug-likeness (QED) is 0.855. The Bertz CT molecular complexity index is 875. The number of hydrogen-bond donors (Lipinski definition) is 1. The molecule has 2 aliphatic rings. The molecule has 2 aliphatic heterocycles. The van der Waals surface area contributed by atoms with Crippen molar-refractivity contribution in [1.29, 1.82) is 0 Å². The number of carbonyl (C=O) groups excluding carboxylic acids is 2. The fraction of sp³-hybridized carbons (Fsp3) is 0.500. The number of aromatic nitrogens is 2. The van der Waals surface area contributed by atoms with Gasteiger partial charge in [0.15, 0.2) is 5.13 Å². The van der Waals surface area contributed by atoms with E-state index in [9.17, 15) is 9.59 Å². The largest absolute Gasteiger partial charge is 0.345 e. The van der Waals surface area contributed by atoms with Gasteiger partial charge < -0.3 is 15.1 Å². The van der Waals surface area contributed by atoms with Crippen molar-refractivity contribution in [2.75, 3.05) is 32.0 Å². The highest BCUT2D eigenvalue weighted by molar-refractivity contribution is 7.15. The Morgan fingerprint density at radius 2 is 2.07 bits per heavy atom. The van der Waals surface area contributed by atoms with Gasteiger partial charge in [-0.3, -0.25) is 9.59 Å². The van der Waals surface area contributed by atoms with Crippen molar-refractivity contribution in [2.45, 2.75) is 32.1 Å². The fourth-order valence-electron chi connectivity index (χ4n) is 3.95. The molecule has 0 radical (unpaired) electrons. The van der Waals surface area contributed by atoms with Gasteiger partial charge >= 0.3 is 0 Å². The van der Waals surface area contributed by atoms with E-state index in [0.29, 0.717) is 18.9 Å². The average Bonchev–Trinajstić information content (AvgIpc) is 3.26. The summed E-state index contributed by atoms with van der Waals surface area (Å²) in [6, 6.07) is 6.03. The van der Waals surface area contributed by atoms with Crippen molar-refractivity contribution in [2.24, 2.45) is 5.92 Å². The number of amides is 2. The second-order valence-electron chi connectivity index (χ2n) is 7.62. The standard InChI is InChI=1S/C20H25N5O2S/c1-13-11-21-20(28-13)23-17-5-3-4-16(22-17)14-6-8-25(9-7-14)19(27)15-10-18(26)24(2)12-15/h3-5,11,14-15H,6-10,12H2,1-2H3,(H,21,22,23). The van der Waals surface area contributed by atoms with Gasteiger partial charge in [-0.15, -0.1) is 11.3 Å². The van der Waals surface area contributed by atoms with Crippen LogP contribution in [0.2, 0.25) is 0 Å². The number of pyridine rings is 1. The first kappa shape index (κ1) is 18.9. The summed E-state index contributed by atoms with van der Waals surface area (Å²) in [5, 5.41) is 4.12. The zero-order chi connectivity index (χ0) is 19.7. The number of rotatable bonds is 4. The van der Waals surface area contributed by atoms with E-state index in [1.807, 2.05) is 30.2 Å². The predicted molar refractivity (Wildman–Crippen MR) is 109 cm³/mol. The minimum Gasteiger partial charge on any atom is -0.345 e.